The minimum atomic E-state index is 0.274. The molecule has 1 aromatic heterocycles. The Morgan fingerprint density at radius 1 is 1.47 bits per heavy atom. The van der Waals surface area contributed by atoms with Crippen LogP contribution in [-0.4, -0.2) is 50.5 Å². The van der Waals surface area contributed by atoms with Gasteiger partial charge in [0.15, 0.2) is 5.13 Å². The fourth-order valence-corrected chi connectivity index (χ4v) is 3.14. The third kappa shape index (κ3) is 4.42. The average molecular weight is 285 g/mol. The molecule has 0 aromatic carbocycles. The molecule has 0 aliphatic carbocycles. The number of nitrogens with zero attached hydrogens (tertiary/aromatic N) is 2. The lowest BCUT2D eigenvalue weighted by atomic mass is 10.2. The summed E-state index contributed by atoms with van der Waals surface area (Å²) in [5, 5.41) is 4.44. The first-order valence-corrected chi connectivity index (χ1v) is 7.55. The SMILES string of the molecule is COCCNCc1cnc(N2C[C@@H](C)O[C@@H](C)C2)s1. The zero-order chi connectivity index (χ0) is 13.7. The molecule has 1 aliphatic rings. The second kappa shape index (κ2) is 7.19. The van der Waals surface area contributed by atoms with Crippen LogP contribution >= 0.6 is 11.3 Å². The molecule has 1 saturated heterocycles. The summed E-state index contributed by atoms with van der Waals surface area (Å²) in [5.41, 5.74) is 0. The van der Waals surface area contributed by atoms with Gasteiger partial charge in [-0.1, -0.05) is 0 Å². The Bertz CT molecular complexity index is 376. The maximum absolute atomic E-state index is 5.75. The lowest BCUT2D eigenvalue weighted by Gasteiger charge is -2.35. The van der Waals surface area contributed by atoms with Gasteiger partial charge in [0.05, 0.1) is 18.8 Å². The minimum Gasteiger partial charge on any atom is -0.383 e. The van der Waals surface area contributed by atoms with E-state index in [9.17, 15) is 0 Å². The summed E-state index contributed by atoms with van der Waals surface area (Å²) >= 11 is 1.76. The molecule has 0 unspecified atom stereocenters. The van der Waals surface area contributed by atoms with E-state index in [-0.39, 0.29) is 12.2 Å². The molecule has 1 aromatic rings. The Morgan fingerprint density at radius 2 is 2.21 bits per heavy atom. The molecule has 0 amide bonds. The molecule has 108 valence electrons. The summed E-state index contributed by atoms with van der Waals surface area (Å²) in [4.78, 5) is 8.11. The molecule has 2 heterocycles. The molecular formula is C13H23N3O2S. The van der Waals surface area contributed by atoms with Crippen molar-refractivity contribution in [2.45, 2.75) is 32.6 Å². The molecule has 0 radical (unpaired) electrons. The van der Waals surface area contributed by atoms with Crippen molar-refractivity contribution in [1.82, 2.24) is 10.3 Å². The first-order valence-electron chi connectivity index (χ1n) is 6.73. The summed E-state index contributed by atoms with van der Waals surface area (Å²) in [6.07, 6.45) is 2.51. The Hall–Kier alpha value is -0.690. The summed E-state index contributed by atoms with van der Waals surface area (Å²) in [5.74, 6) is 0. The van der Waals surface area contributed by atoms with E-state index in [1.165, 1.54) is 4.88 Å². The van der Waals surface area contributed by atoms with Crippen LogP contribution in [0, 0.1) is 0 Å². The summed E-state index contributed by atoms with van der Waals surface area (Å²) in [7, 11) is 1.72. The van der Waals surface area contributed by atoms with Crippen LogP contribution in [0.3, 0.4) is 0 Å². The Labute approximate surface area is 118 Å². The first-order chi connectivity index (χ1) is 9.19. The van der Waals surface area contributed by atoms with Gasteiger partial charge in [-0.05, 0) is 13.8 Å². The number of morpholine rings is 1. The summed E-state index contributed by atoms with van der Waals surface area (Å²) in [6, 6.07) is 0. The highest BCUT2D eigenvalue weighted by Crippen LogP contribution is 2.25. The van der Waals surface area contributed by atoms with Crippen molar-refractivity contribution in [1.29, 1.82) is 0 Å². The second-order valence-electron chi connectivity index (χ2n) is 4.94. The number of aromatic nitrogens is 1. The number of methoxy groups -OCH3 is 1. The predicted octanol–water partition coefficient (Wildman–Crippen LogP) is 1.49. The Morgan fingerprint density at radius 3 is 2.89 bits per heavy atom. The average Bonchev–Trinajstić information content (AvgIpc) is 2.82. The van der Waals surface area contributed by atoms with Gasteiger partial charge in [0.25, 0.3) is 0 Å². The maximum atomic E-state index is 5.75. The number of nitrogens with one attached hydrogen (secondary N) is 1. The Balaban J connectivity index is 1.85. The molecule has 2 rings (SSSR count). The van der Waals surface area contributed by atoms with Crippen molar-refractivity contribution in [3.8, 4) is 0 Å². The van der Waals surface area contributed by atoms with Gasteiger partial charge in [0, 0.05) is 44.4 Å². The molecule has 1 N–H and O–H groups in total. The van der Waals surface area contributed by atoms with Gasteiger partial charge < -0.3 is 19.7 Å². The summed E-state index contributed by atoms with van der Waals surface area (Å²) < 4.78 is 10.8. The van der Waals surface area contributed by atoms with Crippen LogP contribution < -0.4 is 10.2 Å². The largest absolute Gasteiger partial charge is 0.383 e. The van der Waals surface area contributed by atoms with E-state index >= 15 is 0 Å². The standard InChI is InChI=1S/C13H23N3O2S/c1-10-8-16(9-11(2)18-10)13-15-7-12(19-13)6-14-4-5-17-3/h7,10-11,14H,4-6,8-9H2,1-3H3/t10-,11+. The molecule has 19 heavy (non-hydrogen) atoms. The van der Waals surface area contributed by atoms with Crippen molar-refractivity contribution in [3.05, 3.63) is 11.1 Å². The minimum absolute atomic E-state index is 0.274. The smallest absolute Gasteiger partial charge is 0.185 e. The molecular weight excluding hydrogens is 262 g/mol. The fourth-order valence-electron chi connectivity index (χ4n) is 2.25. The molecule has 1 fully saturated rings. The van der Waals surface area contributed by atoms with Crippen molar-refractivity contribution in [3.63, 3.8) is 0 Å². The van der Waals surface area contributed by atoms with Crippen LogP contribution in [0.2, 0.25) is 0 Å². The fraction of sp³-hybridized carbons (Fsp3) is 0.769. The van der Waals surface area contributed by atoms with Gasteiger partial charge >= 0.3 is 0 Å². The third-order valence-corrected chi connectivity index (χ3v) is 4.07. The highest BCUT2D eigenvalue weighted by molar-refractivity contribution is 7.15. The van der Waals surface area contributed by atoms with E-state index in [2.05, 4.69) is 29.0 Å². The van der Waals surface area contributed by atoms with Crippen LogP contribution in [0.4, 0.5) is 5.13 Å². The van der Waals surface area contributed by atoms with Crippen LogP contribution in [0.25, 0.3) is 0 Å². The van der Waals surface area contributed by atoms with E-state index in [1.807, 2.05) is 6.20 Å². The van der Waals surface area contributed by atoms with Crippen molar-refractivity contribution >= 4 is 16.5 Å². The molecule has 0 spiro atoms. The van der Waals surface area contributed by atoms with Gasteiger partial charge in [0.1, 0.15) is 0 Å². The van der Waals surface area contributed by atoms with Gasteiger partial charge in [-0.3, -0.25) is 0 Å². The zero-order valence-electron chi connectivity index (χ0n) is 11.9. The van der Waals surface area contributed by atoms with Gasteiger partial charge in [-0.25, -0.2) is 4.98 Å². The van der Waals surface area contributed by atoms with Crippen molar-refractivity contribution in [2.24, 2.45) is 0 Å². The van der Waals surface area contributed by atoms with Crippen LogP contribution in [-0.2, 0) is 16.0 Å². The van der Waals surface area contributed by atoms with E-state index in [1.54, 1.807) is 18.4 Å². The second-order valence-corrected chi connectivity index (χ2v) is 6.03. The van der Waals surface area contributed by atoms with E-state index in [4.69, 9.17) is 9.47 Å². The van der Waals surface area contributed by atoms with Gasteiger partial charge in [-0.15, -0.1) is 11.3 Å². The highest BCUT2D eigenvalue weighted by Gasteiger charge is 2.24. The van der Waals surface area contributed by atoms with Crippen LogP contribution in [0.5, 0.6) is 0 Å². The van der Waals surface area contributed by atoms with E-state index < -0.39 is 0 Å². The lowest BCUT2D eigenvalue weighted by molar-refractivity contribution is -0.00522. The zero-order valence-corrected chi connectivity index (χ0v) is 12.7. The number of hydrogen-bond donors (Lipinski definition) is 1. The van der Waals surface area contributed by atoms with Gasteiger partial charge in [-0.2, -0.15) is 0 Å². The van der Waals surface area contributed by atoms with E-state index in [0.29, 0.717) is 0 Å². The monoisotopic (exact) mass is 285 g/mol. The summed E-state index contributed by atoms with van der Waals surface area (Å²) in [6.45, 7) is 8.55. The predicted molar refractivity (Wildman–Crippen MR) is 77.9 cm³/mol. The Kier molecular flexibility index (Phi) is 5.57. The highest BCUT2D eigenvalue weighted by atomic mass is 32.1. The lowest BCUT2D eigenvalue weighted by Crippen LogP contribution is -2.45. The number of ether oxygens (including phenoxy) is 2. The maximum Gasteiger partial charge on any atom is 0.185 e. The van der Waals surface area contributed by atoms with Crippen LogP contribution in [0.1, 0.15) is 18.7 Å². The third-order valence-electron chi connectivity index (χ3n) is 3.01. The number of thiazole rings is 1. The molecule has 0 saturated carbocycles. The van der Waals surface area contributed by atoms with Crippen molar-refractivity contribution < 1.29 is 9.47 Å². The molecule has 6 heteroatoms. The number of rotatable bonds is 6. The quantitative estimate of drug-likeness (QED) is 0.803. The topological polar surface area (TPSA) is 46.6 Å². The van der Waals surface area contributed by atoms with Crippen molar-refractivity contribution in [2.75, 3.05) is 38.3 Å². The normalized spacial score (nSPS) is 23.8. The van der Waals surface area contributed by atoms with E-state index in [0.717, 1.165) is 37.9 Å². The number of anilines is 1. The van der Waals surface area contributed by atoms with Gasteiger partial charge in [0.2, 0.25) is 0 Å². The molecule has 5 nitrogen and oxygen atoms in total. The molecule has 1 aliphatic heterocycles. The number of hydrogen-bond acceptors (Lipinski definition) is 6. The molecule has 0 bridgehead atoms. The first kappa shape index (κ1) is 14.7. The van der Waals surface area contributed by atoms with Crippen LogP contribution in [0.15, 0.2) is 6.20 Å². The molecule has 2 atom stereocenters.